The lowest BCUT2D eigenvalue weighted by atomic mass is 9.99. The van der Waals surface area contributed by atoms with Gasteiger partial charge in [-0.3, -0.25) is 4.79 Å². The number of rotatable bonds is 3. The third-order valence-electron chi connectivity index (χ3n) is 5.82. The lowest BCUT2D eigenvalue weighted by Gasteiger charge is -2.13. The van der Waals surface area contributed by atoms with Gasteiger partial charge in [-0.25, -0.2) is 14.5 Å². The minimum Gasteiger partial charge on any atom is -0.324 e. The molecule has 2 aliphatic carbocycles. The van der Waals surface area contributed by atoms with Crippen LogP contribution in [0.4, 0.5) is 10.1 Å². The molecule has 0 radical (unpaired) electrons. The first kappa shape index (κ1) is 17.5. The zero-order valence-electron chi connectivity index (χ0n) is 15.5. The molecule has 30 heavy (non-hydrogen) atoms. The largest absolute Gasteiger partial charge is 0.324 e. The highest BCUT2D eigenvalue weighted by atomic mass is 35.5. The number of halogens is 2. The Hall–Kier alpha value is -3.40. The van der Waals surface area contributed by atoms with Crippen LogP contribution in [-0.2, 0) is 10.2 Å². The molecule has 4 aromatic heterocycles. The van der Waals surface area contributed by atoms with E-state index in [0.717, 1.165) is 24.1 Å². The monoisotopic (exact) mass is 424 g/mol. The van der Waals surface area contributed by atoms with Gasteiger partial charge < -0.3 is 5.32 Å². The fourth-order valence-corrected chi connectivity index (χ4v) is 4.57. The van der Waals surface area contributed by atoms with Crippen molar-refractivity contribution in [2.75, 3.05) is 5.32 Å². The number of anilines is 1. The van der Waals surface area contributed by atoms with Crippen LogP contribution in [-0.4, -0.2) is 40.5 Å². The van der Waals surface area contributed by atoms with E-state index in [1.807, 2.05) is 0 Å². The van der Waals surface area contributed by atoms with Gasteiger partial charge >= 0.3 is 0 Å². The molecule has 0 aromatic carbocycles. The summed E-state index contributed by atoms with van der Waals surface area (Å²) in [5.74, 6) is -0.795. The Balaban J connectivity index is 1.32. The summed E-state index contributed by atoms with van der Waals surface area (Å²) in [5, 5.41) is 15.2. The number of nitrogens with one attached hydrogen (secondary N) is 1. The molecule has 0 aliphatic heterocycles. The van der Waals surface area contributed by atoms with Gasteiger partial charge in [0.05, 0.1) is 40.9 Å². The second-order valence-corrected chi connectivity index (χ2v) is 8.08. The quantitative estimate of drug-likeness (QED) is 0.542. The maximum atomic E-state index is 13.7. The Kier molecular flexibility index (Phi) is 3.52. The van der Waals surface area contributed by atoms with Gasteiger partial charge in [0.2, 0.25) is 11.9 Å². The van der Waals surface area contributed by atoms with Crippen LogP contribution >= 0.6 is 11.6 Å². The summed E-state index contributed by atoms with van der Waals surface area (Å²) in [6.45, 7) is 0. The number of nitrogens with zero attached hydrogens (tertiary/aromatic N) is 7. The number of hydrogen-bond donors (Lipinski definition) is 1. The molecular weight excluding hydrogens is 411 g/mol. The summed E-state index contributed by atoms with van der Waals surface area (Å²) >= 11 is 6.30. The first-order valence-electron chi connectivity index (χ1n) is 9.42. The molecule has 0 bridgehead atoms. The lowest BCUT2D eigenvalue weighted by molar-refractivity contribution is -0.117. The third-order valence-corrected chi connectivity index (χ3v) is 6.10. The van der Waals surface area contributed by atoms with Crippen LogP contribution in [0.25, 0.3) is 11.5 Å². The van der Waals surface area contributed by atoms with E-state index in [9.17, 15) is 9.18 Å². The molecule has 1 N–H and O–H groups in total. The summed E-state index contributed by atoms with van der Waals surface area (Å²) in [7, 11) is 0. The van der Waals surface area contributed by atoms with Crippen molar-refractivity contribution in [1.29, 1.82) is 0 Å². The van der Waals surface area contributed by atoms with Gasteiger partial charge in [0, 0.05) is 23.2 Å². The number of fused-ring (bicyclic) bond motifs is 4. The van der Waals surface area contributed by atoms with E-state index in [-0.39, 0.29) is 11.3 Å². The van der Waals surface area contributed by atoms with Crippen LogP contribution < -0.4 is 5.32 Å². The highest BCUT2D eigenvalue weighted by Crippen LogP contribution is 2.60. The Morgan fingerprint density at radius 1 is 1.20 bits per heavy atom. The van der Waals surface area contributed by atoms with Crippen LogP contribution in [0.1, 0.15) is 36.4 Å². The van der Waals surface area contributed by atoms with Gasteiger partial charge in [-0.1, -0.05) is 11.6 Å². The summed E-state index contributed by atoms with van der Waals surface area (Å²) in [6, 6.07) is 2.91. The lowest BCUT2D eigenvalue weighted by Crippen LogP contribution is -2.20. The van der Waals surface area contributed by atoms with Gasteiger partial charge in [0.25, 0.3) is 0 Å². The van der Waals surface area contributed by atoms with Crippen molar-refractivity contribution in [2.45, 2.75) is 30.6 Å². The van der Waals surface area contributed by atoms with E-state index in [1.54, 1.807) is 16.8 Å². The van der Waals surface area contributed by atoms with Gasteiger partial charge in [0.1, 0.15) is 0 Å². The van der Waals surface area contributed by atoms with E-state index >= 15 is 0 Å². The average molecular weight is 425 g/mol. The first-order valence-corrected chi connectivity index (χ1v) is 9.80. The molecule has 4 heterocycles. The summed E-state index contributed by atoms with van der Waals surface area (Å²) in [5.41, 5.74) is 2.48. The number of amides is 1. The zero-order chi connectivity index (χ0) is 20.5. The molecule has 1 saturated carbocycles. The SMILES string of the molecule is O=C(Nc1cnc(-n2nccn2)c(Cl)c1)[C@H]1CC2(CC2)c2c1cnc1cc(F)nn21. The molecule has 4 aromatic rings. The smallest absolute Gasteiger partial charge is 0.235 e. The molecule has 9 nitrogen and oxygen atoms in total. The standard InChI is InChI=1S/C19H14ClFN8O/c20-13-5-10(8-23-17(13)29-24-3-4-25-29)26-18(30)11-7-19(1-2-19)16-12(11)9-22-15-6-14(21)27-28(15)16/h3-6,8-9,11H,1-2,7H2,(H,26,30)/t11-/m0/s1. The van der Waals surface area contributed by atoms with Crippen molar-refractivity contribution in [3.8, 4) is 5.82 Å². The molecule has 1 fully saturated rings. The second kappa shape index (κ2) is 6.05. The number of aromatic nitrogens is 7. The molecule has 1 atom stereocenters. The maximum absolute atomic E-state index is 13.7. The number of carbonyl (C=O) groups is 1. The van der Waals surface area contributed by atoms with Crippen LogP contribution in [0.15, 0.2) is 36.9 Å². The van der Waals surface area contributed by atoms with Crippen molar-refractivity contribution < 1.29 is 9.18 Å². The van der Waals surface area contributed by atoms with E-state index in [0.29, 0.717) is 28.6 Å². The predicted molar refractivity (Wildman–Crippen MR) is 104 cm³/mol. The molecule has 2 aliphatic rings. The Labute approximate surface area is 173 Å². The number of pyridine rings is 1. The molecule has 0 saturated heterocycles. The van der Waals surface area contributed by atoms with Crippen LogP contribution in [0.3, 0.4) is 0 Å². The Morgan fingerprint density at radius 2 is 2.00 bits per heavy atom. The summed E-state index contributed by atoms with van der Waals surface area (Å²) in [4.78, 5) is 23.0. The predicted octanol–water partition coefficient (Wildman–Crippen LogP) is 2.66. The minimum absolute atomic E-state index is 0.136. The summed E-state index contributed by atoms with van der Waals surface area (Å²) < 4.78 is 15.2. The van der Waals surface area contributed by atoms with Crippen molar-refractivity contribution in [2.24, 2.45) is 0 Å². The molecule has 150 valence electrons. The highest BCUT2D eigenvalue weighted by Gasteiger charge is 2.56. The maximum Gasteiger partial charge on any atom is 0.235 e. The van der Waals surface area contributed by atoms with Crippen molar-refractivity contribution >= 4 is 28.8 Å². The number of carbonyl (C=O) groups excluding carboxylic acids is 1. The average Bonchev–Trinajstić information content (AvgIpc) is 3.06. The minimum atomic E-state index is -0.577. The van der Waals surface area contributed by atoms with Crippen molar-refractivity contribution in [3.63, 3.8) is 0 Å². The summed E-state index contributed by atoms with van der Waals surface area (Å²) in [6.07, 6.45) is 8.76. The van der Waals surface area contributed by atoms with E-state index in [1.165, 1.54) is 29.5 Å². The highest BCUT2D eigenvalue weighted by molar-refractivity contribution is 6.32. The van der Waals surface area contributed by atoms with Crippen molar-refractivity contribution in [3.05, 3.63) is 59.1 Å². The molecule has 6 rings (SSSR count). The van der Waals surface area contributed by atoms with E-state index in [2.05, 4.69) is 30.6 Å². The van der Waals surface area contributed by atoms with Gasteiger partial charge in [-0.2, -0.15) is 14.6 Å². The van der Waals surface area contributed by atoms with Crippen LogP contribution in [0.2, 0.25) is 5.02 Å². The fraction of sp³-hybridized carbons (Fsp3) is 0.263. The topological polar surface area (TPSA) is 103 Å². The zero-order valence-corrected chi connectivity index (χ0v) is 16.2. The van der Waals surface area contributed by atoms with Crippen LogP contribution in [0.5, 0.6) is 0 Å². The fourth-order valence-electron chi connectivity index (χ4n) is 4.33. The normalized spacial score (nSPS) is 18.7. The third kappa shape index (κ3) is 2.53. The van der Waals surface area contributed by atoms with Gasteiger partial charge in [-0.15, -0.1) is 9.90 Å². The van der Waals surface area contributed by atoms with E-state index < -0.39 is 11.9 Å². The molecule has 1 spiro atoms. The molecule has 1 amide bonds. The molecular formula is C19H14ClFN8O. The van der Waals surface area contributed by atoms with E-state index in [4.69, 9.17) is 11.6 Å². The Bertz CT molecular complexity index is 1310. The first-order chi connectivity index (χ1) is 14.5. The van der Waals surface area contributed by atoms with Gasteiger partial charge in [-0.05, 0) is 25.3 Å². The van der Waals surface area contributed by atoms with Gasteiger partial charge in [0.15, 0.2) is 11.5 Å². The molecule has 11 heteroatoms. The molecule has 0 unspecified atom stereocenters. The van der Waals surface area contributed by atoms with Crippen LogP contribution in [0, 0.1) is 5.95 Å². The van der Waals surface area contributed by atoms with Crippen molar-refractivity contribution in [1.82, 2.24) is 34.6 Å². The second-order valence-electron chi connectivity index (χ2n) is 7.67. The number of hydrogen-bond acceptors (Lipinski definition) is 6. The Morgan fingerprint density at radius 3 is 2.73 bits per heavy atom.